The van der Waals surface area contributed by atoms with Crippen molar-refractivity contribution in [1.29, 1.82) is 0 Å². The Labute approximate surface area is 69.0 Å². The second-order valence-electron chi connectivity index (χ2n) is 2.65. The number of alkyl halides is 3. The molecule has 0 atom stereocenters. The summed E-state index contributed by atoms with van der Waals surface area (Å²) >= 11 is 0. The van der Waals surface area contributed by atoms with E-state index in [1.807, 2.05) is 4.72 Å². The molecular formula is C5H10F3NO2S. The van der Waals surface area contributed by atoms with E-state index in [0.717, 1.165) is 0 Å². The summed E-state index contributed by atoms with van der Waals surface area (Å²) in [7, 11) is -4.21. The van der Waals surface area contributed by atoms with Gasteiger partial charge in [-0.3, -0.25) is 0 Å². The molecule has 0 saturated heterocycles. The van der Waals surface area contributed by atoms with E-state index in [2.05, 4.69) is 0 Å². The highest BCUT2D eigenvalue weighted by Gasteiger charge is 2.35. The summed E-state index contributed by atoms with van der Waals surface area (Å²) in [6, 6.07) is -0.516. The number of nitrogens with one attached hydrogen (secondary N) is 1. The van der Waals surface area contributed by atoms with Gasteiger partial charge in [-0.2, -0.15) is 13.2 Å². The van der Waals surface area contributed by atoms with Crippen LogP contribution in [-0.2, 0) is 10.0 Å². The van der Waals surface area contributed by atoms with Gasteiger partial charge in [-0.25, -0.2) is 13.1 Å². The first-order chi connectivity index (χ1) is 5.12. The van der Waals surface area contributed by atoms with Crippen molar-refractivity contribution >= 4 is 10.0 Å². The Bertz CT molecular complexity index is 232. The minimum absolute atomic E-state index is 0.516. The van der Waals surface area contributed by atoms with Crippen molar-refractivity contribution < 1.29 is 21.6 Å². The van der Waals surface area contributed by atoms with Crippen LogP contribution in [-0.4, -0.2) is 26.4 Å². The topological polar surface area (TPSA) is 46.2 Å². The third-order valence-corrected chi connectivity index (χ3v) is 2.31. The van der Waals surface area contributed by atoms with E-state index in [1.165, 1.54) is 13.8 Å². The van der Waals surface area contributed by atoms with E-state index >= 15 is 0 Å². The standard InChI is InChI=1S/C5H10F3NO2S/c1-4(2)9-12(10,11)3-5(6,7)8/h4,9H,3H2,1-2H3. The zero-order valence-electron chi connectivity index (χ0n) is 6.64. The minimum atomic E-state index is -4.68. The van der Waals surface area contributed by atoms with E-state index in [0.29, 0.717) is 0 Å². The molecule has 0 radical (unpaired) electrons. The quantitative estimate of drug-likeness (QED) is 0.743. The van der Waals surface area contributed by atoms with Gasteiger partial charge in [0, 0.05) is 6.04 Å². The van der Waals surface area contributed by atoms with Gasteiger partial charge in [0.15, 0.2) is 5.75 Å². The fourth-order valence-corrected chi connectivity index (χ4v) is 1.85. The highest BCUT2D eigenvalue weighted by atomic mass is 32.2. The second-order valence-corrected chi connectivity index (χ2v) is 4.40. The lowest BCUT2D eigenvalue weighted by Crippen LogP contribution is -2.37. The average molecular weight is 205 g/mol. The Morgan fingerprint density at radius 2 is 1.75 bits per heavy atom. The van der Waals surface area contributed by atoms with E-state index in [1.54, 1.807) is 0 Å². The molecule has 0 amide bonds. The maximum atomic E-state index is 11.6. The molecule has 0 spiro atoms. The predicted octanol–water partition coefficient (Wildman–Crippen LogP) is 0.877. The predicted molar refractivity (Wildman–Crippen MR) is 38.1 cm³/mol. The van der Waals surface area contributed by atoms with Gasteiger partial charge < -0.3 is 0 Å². The van der Waals surface area contributed by atoms with Crippen molar-refractivity contribution in [2.75, 3.05) is 5.75 Å². The van der Waals surface area contributed by atoms with Crippen molar-refractivity contribution in [3.8, 4) is 0 Å². The third kappa shape index (κ3) is 6.41. The number of hydrogen-bond donors (Lipinski definition) is 1. The maximum Gasteiger partial charge on any atom is 0.404 e. The van der Waals surface area contributed by atoms with Gasteiger partial charge in [0.05, 0.1) is 0 Å². The van der Waals surface area contributed by atoms with Gasteiger partial charge in [-0.1, -0.05) is 0 Å². The van der Waals surface area contributed by atoms with E-state index < -0.39 is 28.0 Å². The molecule has 0 aromatic rings. The molecule has 0 fully saturated rings. The lowest BCUT2D eigenvalue weighted by Gasteiger charge is -2.10. The summed E-state index contributed by atoms with van der Waals surface area (Å²) in [5.74, 6) is -1.82. The van der Waals surface area contributed by atoms with Gasteiger partial charge in [0.2, 0.25) is 10.0 Å². The van der Waals surface area contributed by atoms with Gasteiger partial charge in [0.25, 0.3) is 0 Å². The highest BCUT2D eigenvalue weighted by molar-refractivity contribution is 7.89. The van der Waals surface area contributed by atoms with Crippen molar-refractivity contribution in [3.63, 3.8) is 0 Å². The lowest BCUT2D eigenvalue weighted by molar-refractivity contribution is -0.106. The summed E-state index contributed by atoms with van der Waals surface area (Å²) in [5.41, 5.74) is 0. The first kappa shape index (κ1) is 11.7. The van der Waals surface area contributed by atoms with Crippen LogP contribution in [0.5, 0.6) is 0 Å². The number of rotatable bonds is 3. The molecule has 0 aromatic carbocycles. The number of hydrogen-bond acceptors (Lipinski definition) is 2. The third-order valence-electron chi connectivity index (χ3n) is 0.769. The first-order valence-electron chi connectivity index (χ1n) is 3.19. The van der Waals surface area contributed by atoms with Crippen LogP contribution in [0.3, 0.4) is 0 Å². The molecule has 74 valence electrons. The fraction of sp³-hybridized carbons (Fsp3) is 1.00. The molecule has 0 heterocycles. The van der Waals surface area contributed by atoms with Crippen molar-refractivity contribution in [2.45, 2.75) is 26.1 Å². The van der Waals surface area contributed by atoms with Gasteiger partial charge in [-0.05, 0) is 13.8 Å². The highest BCUT2D eigenvalue weighted by Crippen LogP contribution is 2.16. The Morgan fingerprint density at radius 1 is 1.33 bits per heavy atom. The van der Waals surface area contributed by atoms with Crippen LogP contribution in [0.2, 0.25) is 0 Å². The van der Waals surface area contributed by atoms with Crippen LogP contribution in [0.1, 0.15) is 13.8 Å². The molecular weight excluding hydrogens is 195 g/mol. The molecule has 0 unspecified atom stereocenters. The number of halogens is 3. The summed E-state index contributed by atoms with van der Waals surface area (Å²) < 4.78 is 57.8. The van der Waals surface area contributed by atoms with Gasteiger partial charge in [0.1, 0.15) is 0 Å². The maximum absolute atomic E-state index is 11.6. The molecule has 7 heteroatoms. The van der Waals surface area contributed by atoms with Gasteiger partial charge in [-0.15, -0.1) is 0 Å². The SMILES string of the molecule is CC(C)NS(=O)(=O)CC(F)(F)F. The molecule has 0 aliphatic carbocycles. The molecule has 0 rings (SSSR count). The summed E-state index contributed by atoms with van der Waals surface area (Å²) in [6.45, 7) is 2.90. The van der Waals surface area contributed by atoms with E-state index in [-0.39, 0.29) is 0 Å². The Hall–Kier alpha value is -0.300. The normalized spacial score (nSPS) is 13.8. The Morgan fingerprint density at radius 3 is 2.00 bits per heavy atom. The number of sulfonamides is 1. The first-order valence-corrected chi connectivity index (χ1v) is 4.84. The molecule has 0 aliphatic rings. The zero-order chi connectivity index (χ0) is 9.99. The minimum Gasteiger partial charge on any atom is -0.212 e. The van der Waals surface area contributed by atoms with Crippen LogP contribution in [0.25, 0.3) is 0 Å². The molecule has 0 aromatic heterocycles. The largest absolute Gasteiger partial charge is 0.404 e. The lowest BCUT2D eigenvalue weighted by atomic mass is 10.4. The summed E-state index contributed by atoms with van der Waals surface area (Å²) in [4.78, 5) is 0. The Kier molecular flexibility index (Phi) is 3.52. The molecule has 1 N–H and O–H groups in total. The van der Waals surface area contributed by atoms with Crippen LogP contribution in [0.15, 0.2) is 0 Å². The van der Waals surface area contributed by atoms with Crippen molar-refractivity contribution in [2.24, 2.45) is 0 Å². The average Bonchev–Trinajstić information content (AvgIpc) is 1.48. The summed E-state index contributed by atoms with van der Waals surface area (Å²) in [5, 5.41) is 0. The van der Waals surface area contributed by atoms with Crippen LogP contribution >= 0.6 is 0 Å². The van der Waals surface area contributed by atoms with E-state index in [9.17, 15) is 21.6 Å². The molecule has 0 saturated carbocycles. The molecule has 0 bridgehead atoms. The monoisotopic (exact) mass is 205 g/mol. The fourth-order valence-electron chi connectivity index (χ4n) is 0.616. The Balaban J connectivity index is 4.26. The van der Waals surface area contributed by atoms with Crippen molar-refractivity contribution in [3.05, 3.63) is 0 Å². The smallest absolute Gasteiger partial charge is 0.212 e. The van der Waals surface area contributed by atoms with E-state index in [4.69, 9.17) is 0 Å². The van der Waals surface area contributed by atoms with Crippen LogP contribution in [0.4, 0.5) is 13.2 Å². The zero-order valence-corrected chi connectivity index (χ0v) is 7.46. The van der Waals surface area contributed by atoms with Crippen LogP contribution < -0.4 is 4.72 Å². The summed E-state index contributed by atoms with van der Waals surface area (Å²) in [6.07, 6.45) is -4.68. The molecule has 0 aliphatic heterocycles. The molecule has 12 heavy (non-hydrogen) atoms. The van der Waals surface area contributed by atoms with Crippen LogP contribution in [0, 0.1) is 0 Å². The second kappa shape index (κ2) is 3.61. The van der Waals surface area contributed by atoms with Crippen molar-refractivity contribution in [1.82, 2.24) is 4.72 Å². The molecule has 3 nitrogen and oxygen atoms in total. The van der Waals surface area contributed by atoms with Gasteiger partial charge >= 0.3 is 6.18 Å².